The molecule has 8 nitrogen and oxygen atoms in total. The van der Waals surface area contributed by atoms with Gasteiger partial charge in [-0.15, -0.1) is 0 Å². The number of aromatic nitrogens is 5. The van der Waals surface area contributed by atoms with Crippen LogP contribution < -0.4 is 10.1 Å². The lowest BCUT2D eigenvalue weighted by Gasteiger charge is -2.08. The molecule has 4 rings (SSSR count). The Labute approximate surface area is 186 Å². The van der Waals surface area contributed by atoms with E-state index in [2.05, 4.69) is 30.5 Å². The number of aromatic amines is 1. The number of nitrogens with one attached hydrogen (secondary N) is 2. The van der Waals surface area contributed by atoms with Crippen molar-refractivity contribution in [1.82, 2.24) is 30.5 Å². The molecule has 3 heterocycles. The number of amides is 1. The van der Waals surface area contributed by atoms with E-state index in [9.17, 15) is 4.79 Å². The van der Waals surface area contributed by atoms with Crippen molar-refractivity contribution in [3.63, 3.8) is 0 Å². The maximum absolute atomic E-state index is 12.5. The van der Waals surface area contributed by atoms with Crippen LogP contribution in [-0.4, -0.2) is 38.2 Å². The van der Waals surface area contributed by atoms with Gasteiger partial charge in [-0.2, -0.15) is 5.10 Å². The molecule has 4 aromatic rings. The topological polar surface area (TPSA) is 106 Å². The molecule has 0 atom stereocenters. The molecule has 0 aliphatic rings. The number of aryl methyl sites for hydroxylation is 2. The van der Waals surface area contributed by atoms with Crippen molar-refractivity contribution in [3.05, 3.63) is 88.8 Å². The Morgan fingerprint density at radius 2 is 1.84 bits per heavy atom. The van der Waals surface area contributed by atoms with Gasteiger partial charge in [-0.1, -0.05) is 12.1 Å². The van der Waals surface area contributed by atoms with Crippen molar-refractivity contribution in [2.24, 2.45) is 0 Å². The first-order valence-electron chi connectivity index (χ1n) is 10.2. The molecule has 0 saturated heterocycles. The van der Waals surface area contributed by atoms with E-state index < -0.39 is 0 Å². The molecule has 0 fully saturated rings. The number of pyridine rings is 1. The SMILES string of the molecule is COc1ccc(CNC(=O)c2ccc(-c3nc(C)cc(Cc4cc(C)[nH]n4)n3)cn2)cc1. The fourth-order valence-corrected chi connectivity index (χ4v) is 3.28. The Morgan fingerprint density at radius 3 is 2.50 bits per heavy atom. The molecule has 0 aliphatic carbocycles. The summed E-state index contributed by atoms with van der Waals surface area (Å²) < 4.78 is 5.14. The number of hydrogen-bond acceptors (Lipinski definition) is 6. The average Bonchev–Trinajstić information content (AvgIpc) is 3.22. The largest absolute Gasteiger partial charge is 0.497 e. The van der Waals surface area contributed by atoms with Gasteiger partial charge >= 0.3 is 0 Å². The van der Waals surface area contributed by atoms with Gasteiger partial charge in [0.2, 0.25) is 0 Å². The number of carbonyl (C=O) groups is 1. The predicted molar refractivity (Wildman–Crippen MR) is 120 cm³/mol. The summed E-state index contributed by atoms with van der Waals surface area (Å²) in [4.78, 5) is 26.0. The third-order valence-corrected chi connectivity index (χ3v) is 4.89. The molecule has 32 heavy (non-hydrogen) atoms. The Bertz CT molecular complexity index is 1220. The van der Waals surface area contributed by atoms with Crippen molar-refractivity contribution >= 4 is 5.91 Å². The van der Waals surface area contributed by atoms with Gasteiger partial charge in [-0.3, -0.25) is 14.9 Å². The van der Waals surface area contributed by atoms with Crippen LogP contribution in [0.2, 0.25) is 0 Å². The summed E-state index contributed by atoms with van der Waals surface area (Å²) in [7, 11) is 1.62. The Kier molecular flexibility index (Phi) is 6.21. The Balaban J connectivity index is 1.43. The minimum atomic E-state index is -0.243. The molecule has 0 unspecified atom stereocenters. The normalized spacial score (nSPS) is 10.7. The zero-order valence-electron chi connectivity index (χ0n) is 18.2. The summed E-state index contributed by atoms with van der Waals surface area (Å²) in [6, 6.07) is 15.0. The molecule has 0 bridgehead atoms. The monoisotopic (exact) mass is 428 g/mol. The van der Waals surface area contributed by atoms with Gasteiger partial charge < -0.3 is 10.1 Å². The first-order chi connectivity index (χ1) is 15.5. The molecule has 162 valence electrons. The smallest absolute Gasteiger partial charge is 0.270 e. The predicted octanol–water partition coefficient (Wildman–Crippen LogP) is 3.41. The summed E-state index contributed by atoms with van der Waals surface area (Å²) in [5.74, 6) is 1.11. The van der Waals surface area contributed by atoms with Crippen LogP contribution in [0.4, 0.5) is 0 Å². The van der Waals surface area contributed by atoms with Crippen LogP contribution in [0.1, 0.15) is 38.8 Å². The lowest BCUT2D eigenvalue weighted by molar-refractivity contribution is 0.0946. The number of methoxy groups -OCH3 is 1. The van der Waals surface area contributed by atoms with Crippen LogP contribution in [0.5, 0.6) is 5.75 Å². The second-order valence-corrected chi connectivity index (χ2v) is 7.51. The lowest BCUT2D eigenvalue weighted by atomic mass is 10.1. The molecule has 0 spiro atoms. The Morgan fingerprint density at radius 1 is 1.03 bits per heavy atom. The van der Waals surface area contributed by atoms with E-state index in [0.29, 0.717) is 24.5 Å². The minimum absolute atomic E-state index is 0.243. The summed E-state index contributed by atoms with van der Waals surface area (Å²) in [6.07, 6.45) is 2.24. The highest BCUT2D eigenvalue weighted by Gasteiger charge is 2.11. The van der Waals surface area contributed by atoms with Gasteiger partial charge in [0.15, 0.2) is 5.82 Å². The highest BCUT2D eigenvalue weighted by molar-refractivity contribution is 5.92. The van der Waals surface area contributed by atoms with Crippen molar-refractivity contribution < 1.29 is 9.53 Å². The number of carbonyl (C=O) groups excluding carboxylic acids is 1. The van der Waals surface area contributed by atoms with Crippen LogP contribution in [-0.2, 0) is 13.0 Å². The number of ether oxygens (including phenoxy) is 1. The van der Waals surface area contributed by atoms with E-state index in [1.165, 1.54) is 0 Å². The van der Waals surface area contributed by atoms with Gasteiger partial charge in [0, 0.05) is 36.1 Å². The summed E-state index contributed by atoms with van der Waals surface area (Å²) in [5, 5.41) is 10.1. The van der Waals surface area contributed by atoms with Gasteiger partial charge in [-0.25, -0.2) is 9.97 Å². The summed E-state index contributed by atoms with van der Waals surface area (Å²) in [5.41, 5.74) is 5.73. The van der Waals surface area contributed by atoms with Crippen molar-refractivity contribution in [2.45, 2.75) is 26.8 Å². The molecular formula is C24H24N6O2. The van der Waals surface area contributed by atoms with Crippen molar-refractivity contribution in [3.8, 4) is 17.1 Å². The van der Waals surface area contributed by atoms with Gasteiger partial charge in [-0.05, 0) is 55.8 Å². The molecular weight excluding hydrogens is 404 g/mol. The molecule has 0 saturated carbocycles. The molecule has 8 heteroatoms. The fourth-order valence-electron chi connectivity index (χ4n) is 3.28. The number of nitrogens with zero attached hydrogens (tertiary/aromatic N) is 4. The maximum atomic E-state index is 12.5. The van der Waals surface area contributed by atoms with Gasteiger partial charge in [0.25, 0.3) is 5.91 Å². The van der Waals surface area contributed by atoms with Crippen molar-refractivity contribution in [1.29, 1.82) is 0 Å². The summed E-state index contributed by atoms with van der Waals surface area (Å²) >= 11 is 0. The highest BCUT2D eigenvalue weighted by Crippen LogP contribution is 2.17. The quantitative estimate of drug-likeness (QED) is 0.467. The van der Waals surface area contributed by atoms with E-state index in [1.807, 2.05) is 56.3 Å². The van der Waals surface area contributed by atoms with Crippen LogP contribution >= 0.6 is 0 Å². The van der Waals surface area contributed by atoms with E-state index in [4.69, 9.17) is 4.74 Å². The Hall–Kier alpha value is -4.07. The average molecular weight is 428 g/mol. The van der Waals surface area contributed by atoms with Crippen LogP contribution in [0.3, 0.4) is 0 Å². The van der Waals surface area contributed by atoms with E-state index in [-0.39, 0.29) is 5.91 Å². The van der Waals surface area contributed by atoms with Gasteiger partial charge in [0.1, 0.15) is 11.4 Å². The third kappa shape index (κ3) is 5.15. The highest BCUT2D eigenvalue weighted by atomic mass is 16.5. The van der Waals surface area contributed by atoms with Gasteiger partial charge in [0.05, 0.1) is 18.5 Å². The molecule has 2 N–H and O–H groups in total. The second-order valence-electron chi connectivity index (χ2n) is 7.51. The lowest BCUT2D eigenvalue weighted by Crippen LogP contribution is -2.23. The van der Waals surface area contributed by atoms with E-state index in [1.54, 1.807) is 19.4 Å². The van der Waals surface area contributed by atoms with Crippen LogP contribution in [0, 0.1) is 13.8 Å². The third-order valence-electron chi connectivity index (χ3n) is 4.89. The van der Waals surface area contributed by atoms with E-state index >= 15 is 0 Å². The molecule has 1 aromatic carbocycles. The van der Waals surface area contributed by atoms with Crippen LogP contribution in [0.25, 0.3) is 11.4 Å². The zero-order chi connectivity index (χ0) is 22.5. The first kappa shape index (κ1) is 21.2. The molecule has 3 aromatic heterocycles. The zero-order valence-corrected chi connectivity index (χ0v) is 18.2. The summed E-state index contributed by atoms with van der Waals surface area (Å²) in [6.45, 7) is 4.30. The van der Waals surface area contributed by atoms with Crippen LogP contribution in [0.15, 0.2) is 54.7 Å². The molecule has 0 aliphatic heterocycles. The number of H-pyrrole nitrogens is 1. The number of benzene rings is 1. The standard InChI is InChI=1S/C24H24N6O2/c1-15-10-19(12-20-11-16(2)29-30-20)28-23(27-15)18-6-9-22(25-14-18)24(31)26-13-17-4-7-21(32-3)8-5-17/h4-11,14H,12-13H2,1-3H3,(H,26,31)(H,29,30). The van der Waals surface area contributed by atoms with E-state index in [0.717, 1.165) is 39.7 Å². The van der Waals surface area contributed by atoms with Crippen molar-refractivity contribution in [2.75, 3.05) is 7.11 Å². The number of rotatable bonds is 7. The second kappa shape index (κ2) is 9.38. The molecule has 0 radical (unpaired) electrons. The maximum Gasteiger partial charge on any atom is 0.270 e. The minimum Gasteiger partial charge on any atom is -0.497 e. The molecule has 1 amide bonds. The fraction of sp³-hybridized carbons (Fsp3) is 0.208. The first-order valence-corrected chi connectivity index (χ1v) is 10.2. The number of hydrogen-bond donors (Lipinski definition) is 2.